The average molecular weight is 375 g/mol. The highest BCUT2D eigenvalue weighted by atomic mass is 127. The van der Waals surface area contributed by atoms with Gasteiger partial charge in [-0.25, -0.2) is 0 Å². The first-order chi connectivity index (χ1) is 9.08. The molecule has 1 saturated heterocycles. The quantitative estimate of drug-likeness (QED) is 0.794. The van der Waals surface area contributed by atoms with Crippen LogP contribution in [-0.4, -0.2) is 36.4 Å². The molecule has 0 aromatic heterocycles. The molecule has 0 aliphatic carbocycles. The van der Waals surface area contributed by atoms with E-state index in [1.807, 2.05) is 25.1 Å². The van der Waals surface area contributed by atoms with Gasteiger partial charge in [0.25, 0.3) is 5.91 Å². The van der Waals surface area contributed by atoms with Crippen LogP contribution in [0.2, 0.25) is 0 Å². The minimum absolute atomic E-state index is 0.0511. The average Bonchev–Trinajstić information content (AvgIpc) is 2.42. The number of nitrogens with one attached hydrogen (secondary N) is 1. The minimum Gasteiger partial charge on any atom is -0.394 e. The number of aliphatic hydroxyl groups excluding tert-OH is 1. The number of amides is 1. The molecule has 1 amide bonds. The Balaban J connectivity index is 2.17. The topological polar surface area (TPSA) is 58.6 Å². The largest absolute Gasteiger partial charge is 0.394 e. The molecule has 5 heteroatoms. The molecule has 1 aromatic rings. The number of ether oxygens (including phenoxy) is 1. The normalized spacial score (nSPS) is 18.1. The van der Waals surface area contributed by atoms with Crippen LogP contribution in [0.3, 0.4) is 0 Å². The van der Waals surface area contributed by atoms with E-state index in [2.05, 4.69) is 27.9 Å². The molecule has 1 aliphatic rings. The van der Waals surface area contributed by atoms with Gasteiger partial charge >= 0.3 is 0 Å². The number of carbonyl (C=O) groups excluding carboxylic acids is 1. The van der Waals surface area contributed by atoms with Crippen molar-refractivity contribution in [2.75, 3.05) is 19.8 Å². The van der Waals surface area contributed by atoms with Crippen molar-refractivity contribution in [2.45, 2.75) is 25.3 Å². The summed E-state index contributed by atoms with van der Waals surface area (Å²) in [6.45, 7) is 3.08. The van der Waals surface area contributed by atoms with Crippen LogP contribution in [0.4, 0.5) is 0 Å². The summed E-state index contributed by atoms with van der Waals surface area (Å²) >= 11 is 2.18. The first-order valence-electron chi connectivity index (χ1n) is 6.34. The number of hydrogen-bond acceptors (Lipinski definition) is 3. The van der Waals surface area contributed by atoms with Crippen LogP contribution in [0.1, 0.15) is 28.8 Å². The zero-order valence-corrected chi connectivity index (χ0v) is 13.1. The maximum absolute atomic E-state index is 12.4. The summed E-state index contributed by atoms with van der Waals surface area (Å²) in [6.07, 6.45) is 1.30. The smallest absolute Gasteiger partial charge is 0.252 e. The van der Waals surface area contributed by atoms with E-state index in [0.717, 1.165) is 9.13 Å². The van der Waals surface area contributed by atoms with Gasteiger partial charge in [0.2, 0.25) is 0 Å². The van der Waals surface area contributed by atoms with Crippen molar-refractivity contribution in [3.8, 4) is 0 Å². The van der Waals surface area contributed by atoms with Crippen molar-refractivity contribution in [1.82, 2.24) is 5.32 Å². The van der Waals surface area contributed by atoms with Crippen LogP contribution in [0.15, 0.2) is 18.2 Å². The lowest BCUT2D eigenvalue weighted by molar-refractivity contribution is 0.0125. The third-order valence-corrected chi connectivity index (χ3v) is 5.00. The van der Waals surface area contributed by atoms with E-state index in [-0.39, 0.29) is 12.5 Å². The molecule has 0 saturated carbocycles. The lowest BCUT2D eigenvalue weighted by Crippen LogP contribution is -2.54. The van der Waals surface area contributed by atoms with E-state index in [0.29, 0.717) is 31.6 Å². The van der Waals surface area contributed by atoms with Crippen LogP contribution in [-0.2, 0) is 4.74 Å². The molecular weight excluding hydrogens is 357 g/mol. The standard InChI is InChI=1S/C14H18INO3/c1-10-3-2-4-11(12(10)15)13(18)16-14(9-17)5-7-19-8-6-14/h2-4,17H,5-9H2,1H3,(H,16,18). The van der Waals surface area contributed by atoms with Gasteiger partial charge in [-0.2, -0.15) is 0 Å². The van der Waals surface area contributed by atoms with E-state index in [1.165, 1.54) is 0 Å². The molecule has 1 fully saturated rings. The van der Waals surface area contributed by atoms with Gasteiger partial charge in [0, 0.05) is 16.8 Å². The highest BCUT2D eigenvalue weighted by Crippen LogP contribution is 2.22. The van der Waals surface area contributed by atoms with E-state index in [1.54, 1.807) is 0 Å². The Labute approximate surface area is 126 Å². The minimum atomic E-state index is -0.540. The lowest BCUT2D eigenvalue weighted by Gasteiger charge is -2.36. The molecule has 1 heterocycles. The van der Waals surface area contributed by atoms with E-state index < -0.39 is 5.54 Å². The van der Waals surface area contributed by atoms with Crippen molar-refractivity contribution in [2.24, 2.45) is 0 Å². The van der Waals surface area contributed by atoms with Crippen molar-refractivity contribution in [1.29, 1.82) is 0 Å². The van der Waals surface area contributed by atoms with Crippen LogP contribution >= 0.6 is 22.6 Å². The van der Waals surface area contributed by atoms with Gasteiger partial charge in [0.15, 0.2) is 0 Å². The number of benzene rings is 1. The maximum atomic E-state index is 12.4. The Hall–Kier alpha value is -0.660. The number of aryl methyl sites for hydroxylation is 1. The Morgan fingerprint density at radius 3 is 2.79 bits per heavy atom. The molecule has 0 bridgehead atoms. The van der Waals surface area contributed by atoms with Crippen LogP contribution in [0.5, 0.6) is 0 Å². The first-order valence-corrected chi connectivity index (χ1v) is 7.42. The van der Waals surface area contributed by atoms with Gasteiger partial charge in [-0.15, -0.1) is 0 Å². The fourth-order valence-corrected chi connectivity index (χ4v) is 2.82. The van der Waals surface area contributed by atoms with E-state index in [4.69, 9.17) is 4.74 Å². The van der Waals surface area contributed by atoms with Crippen LogP contribution < -0.4 is 5.32 Å². The van der Waals surface area contributed by atoms with Gasteiger partial charge < -0.3 is 15.2 Å². The molecule has 0 radical (unpaired) electrons. The van der Waals surface area contributed by atoms with E-state index >= 15 is 0 Å². The molecule has 4 nitrogen and oxygen atoms in total. The third kappa shape index (κ3) is 3.27. The van der Waals surface area contributed by atoms with Gasteiger partial charge in [0.1, 0.15) is 0 Å². The van der Waals surface area contributed by atoms with Gasteiger partial charge in [-0.3, -0.25) is 4.79 Å². The molecule has 2 rings (SSSR count). The summed E-state index contributed by atoms with van der Waals surface area (Å²) < 4.78 is 6.25. The van der Waals surface area contributed by atoms with Gasteiger partial charge in [-0.05, 0) is 54.0 Å². The SMILES string of the molecule is Cc1cccc(C(=O)NC2(CO)CCOCC2)c1I. The second kappa shape index (κ2) is 6.19. The Morgan fingerprint density at radius 2 is 2.16 bits per heavy atom. The van der Waals surface area contributed by atoms with Gasteiger partial charge in [0.05, 0.1) is 17.7 Å². The highest BCUT2D eigenvalue weighted by molar-refractivity contribution is 14.1. The molecule has 2 N–H and O–H groups in total. The second-order valence-corrected chi connectivity index (χ2v) is 6.02. The number of rotatable bonds is 3. The zero-order valence-electron chi connectivity index (χ0n) is 10.9. The lowest BCUT2D eigenvalue weighted by atomic mass is 9.90. The van der Waals surface area contributed by atoms with Crippen LogP contribution in [0.25, 0.3) is 0 Å². The second-order valence-electron chi connectivity index (χ2n) is 4.94. The molecule has 104 valence electrons. The summed E-state index contributed by atoms with van der Waals surface area (Å²) in [5.74, 6) is -0.121. The summed E-state index contributed by atoms with van der Waals surface area (Å²) in [4.78, 5) is 12.4. The summed E-state index contributed by atoms with van der Waals surface area (Å²) in [5, 5.41) is 12.6. The molecule has 1 aromatic carbocycles. The molecule has 0 spiro atoms. The molecule has 1 aliphatic heterocycles. The summed E-state index contributed by atoms with van der Waals surface area (Å²) in [7, 11) is 0. The van der Waals surface area contributed by atoms with Gasteiger partial charge in [-0.1, -0.05) is 12.1 Å². The Kier molecular flexibility index (Phi) is 4.81. The summed E-state index contributed by atoms with van der Waals surface area (Å²) in [5.41, 5.74) is 1.21. The predicted octanol–water partition coefficient (Wildman–Crippen LogP) is 1.87. The molecule has 0 unspecified atom stereocenters. The number of halogens is 1. The predicted molar refractivity (Wildman–Crippen MR) is 81.2 cm³/mol. The fourth-order valence-electron chi connectivity index (χ4n) is 2.22. The number of carbonyl (C=O) groups is 1. The number of aliphatic hydroxyl groups is 1. The fraction of sp³-hybridized carbons (Fsp3) is 0.500. The third-order valence-electron chi connectivity index (χ3n) is 3.57. The van der Waals surface area contributed by atoms with Crippen molar-refractivity contribution < 1.29 is 14.6 Å². The maximum Gasteiger partial charge on any atom is 0.252 e. The first kappa shape index (κ1) is 14.7. The van der Waals surface area contributed by atoms with Crippen LogP contribution in [0, 0.1) is 10.5 Å². The summed E-state index contributed by atoms with van der Waals surface area (Å²) in [6, 6.07) is 5.67. The zero-order chi connectivity index (χ0) is 13.9. The Morgan fingerprint density at radius 1 is 1.47 bits per heavy atom. The van der Waals surface area contributed by atoms with Crippen molar-refractivity contribution in [3.63, 3.8) is 0 Å². The highest BCUT2D eigenvalue weighted by Gasteiger charge is 2.34. The number of hydrogen-bond donors (Lipinski definition) is 2. The monoisotopic (exact) mass is 375 g/mol. The molecular formula is C14H18INO3. The molecule has 19 heavy (non-hydrogen) atoms. The van der Waals surface area contributed by atoms with Crippen molar-refractivity contribution >= 4 is 28.5 Å². The van der Waals surface area contributed by atoms with Crippen molar-refractivity contribution in [3.05, 3.63) is 32.9 Å². The van der Waals surface area contributed by atoms with E-state index in [9.17, 15) is 9.90 Å². The molecule has 0 atom stereocenters. The Bertz CT molecular complexity index is 470.